The first-order valence-electron chi connectivity index (χ1n) is 9.07. The van der Waals surface area contributed by atoms with Crippen molar-refractivity contribution in [3.05, 3.63) is 58.7 Å². The van der Waals surface area contributed by atoms with Crippen molar-refractivity contribution in [2.24, 2.45) is 0 Å². The fraction of sp³-hybridized carbons (Fsp3) is 0.435. The van der Waals surface area contributed by atoms with Gasteiger partial charge in [-0.1, -0.05) is 65.8 Å². The first-order valence-corrected chi connectivity index (χ1v) is 9.07. The Morgan fingerprint density at radius 2 is 1.38 bits per heavy atom. The van der Waals surface area contributed by atoms with E-state index in [0.717, 1.165) is 11.1 Å². The summed E-state index contributed by atoms with van der Waals surface area (Å²) in [6.45, 7) is 13.0. The van der Waals surface area contributed by atoms with E-state index in [9.17, 15) is 4.79 Å². The van der Waals surface area contributed by atoms with Crippen molar-refractivity contribution < 1.29 is 14.3 Å². The third-order valence-corrected chi connectivity index (χ3v) is 5.04. The molecule has 1 atom stereocenters. The van der Waals surface area contributed by atoms with E-state index < -0.39 is 5.92 Å². The maximum atomic E-state index is 12.7. The van der Waals surface area contributed by atoms with Crippen LogP contribution in [0.3, 0.4) is 0 Å². The number of hydrogen-bond acceptors (Lipinski definition) is 3. The number of rotatable bonds is 2. The molecule has 0 saturated heterocycles. The van der Waals surface area contributed by atoms with Crippen molar-refractivity contribution in [3.63, 3.8) is 0 Å². The molecule has 0 radical (unpaired) electrons. The Kier molecular flexibility index (Phi) is 4.38. The molecule has 1 unspecified atom stereocenters. The molecule has 0 amide bonds. The van der Waals surface area contributed by atoms with Crippen LogP contribution >= 0.6 is 0 Å². The molecule has 3 heteroatoms. The van der Waals surface area contributed by atoms with Crippen molar-refractivity contribution in [2.75, 3.05) is 7.11 Å². The summed E-state index contributed by atoms with van der Waals surface area (Å²) in [5, 5.41) is 0. The first kappa shape index (κ1) is 18.5. The van der Waals surface area contributed by atoms with Crippen LogP contribution in [-0.2, 0) is 15.6 Å². The number of carbonyl (C=O) groups excluding carboxylic acids is 1. The number of fused-ring (bicyclic) bond motifs is 1. The largest absolute Gasteiger partial charge is 0.496 e. The molecule has 0 bridgehead atoms. The highest BCUT2D eigenvalue weighted by Gasteiger charge is 2.37. The molecule has 2 aromatic rings. The summed E-state index contributed by atoms with van der Waals surface area (Å²) in [6, 6.07) is 12.2. The highest BCUT2D eigenvalue weighted by Crippen LogP contribution is 2.44. The van der Waals surface area contributed by atoms with Gasteiger partial charge in [0.1, 0.15) is 17.4 Å². The normalized spacial score (nSPS) is 17.0. The zero-order valence-corrected chi connectivity index (χ0v) is 16.8. The van der Waals surface area contributed by atoms with Gasteiger partial charge in [-0.25, -0.2) is 0 Å². The zero-order chi connectivity index (χ0) is 19.3. The van der Waals surface area contributed by atoms with Crippen molar-refractivity contribution in [1.82, 2.24) is 0 Å². The van der Waals surface area contributed by atoms with Crippen LogP contribution in [0, 0.1) is 0 Å². The first-order chi connectivity index (χ1) is 12.0. The molecule has 3 nitrogen and oxygen atoms in total. The Labute approximate surface area is 156 Å². The molecule has 0 fully saturated rings. The van der Waals surface area contributed by atoms with Crippen molar-refractivity contribution in [3.8, 4) is 11.5 Å². The van der Waals surface area contributed by atoms with E-state index in [1.807, 2.05) is 18.2 Å². The predicted octanol–water partition coefficient (Wildman–Crippen LogP) is 5.34. The van der Waals surface area contributed by atoms with Crippen LogP contribution in [0.5, 0.6) is 11.5 Å². The summed E-state index contributed by atoms with van der Waals surface area (Å²) in [5.74, 6) is 0.671. The average molecular weight is 352 g/mol. The minimum atomic E-state index is -0.454. The Hall–Kier alpha value is -2.29. The van der Waals surface area contributed by atoms with E-state index in [2.05, 4.69) is 59.7 Å². The van der Waals surface area contributed by atoms with Crippen LogP contribution in [-0.4, -0.2) is 13.1 Å². The van der Waals surface area contributed by atoms with Crippen LogP contribution in [0.15, 0.2) is 36.4 Å². The molecule has 1 aliphatic rings. The molecular weight excluding hydrogens is 324 g/mol. The van der Waals surface area contributed by atoms with Crippen molar-refractivity contribution in [2.45, 2.75) is 58.3 Å². The maximum absolute atomic E-state index is 12.7. The standard InChI is InChI=1S/C23H28O3/c1-22(2,3)14-8-10-18(25-7)16(12-14)20-17-13-15(23(4,5)6)9-11-19(17)26-21(20)24/h8-13,20H,1-7H3. The van der Waals surface area contributed by atoms with E-state index in [1.54, 1.807) is 7.11 Å². The molecule has 3 rings (SSSR count). The summed E-state index contributed by atoms with van der Waals surface area (Å²) in [6.07, 6.45) is 0. The van der Waals surface area contributed by atoms with E-state index in [1.165, 1.54) is 11.1 Å². The summed E-state index contributed by atoms with van der Waals surface area (Å²) in [4.78, 5) is 12.7. The number of methoxy groups -OCH3 is 1. The minimum Gasteiger partial charge on any atom is -0.496 e. The second kappa shape index (κ2) is 6.15. The van der Waals surface area contributed by atoms with Gasteiger partial charge in [0.2, 0.25) is 0 Å². The summed E-state index contributed by atoms with van der Waals surface area (Å²) < 4.78 is 11.2. The third-order valence-electron chi connectivity index (χ3n) is 5.04. The number of carbonyl (C=O) groups is 1. The Bertz CT molecular complexity index is 851. The smallest absolute Gasteiger partial charge is 0.323 e. The van der Waals surface area contributed by atoms with Crippen LogP contribution in [0.4, 0.5) is 0 Å². The second-order valence-electron chi connectivity index (χ2n) is 9.06. The zero-order valence-electron chi connectivity index (χ0n) is 16.8. The van der Waals surface area contributed by atoms with Gasteiger partial charge in [0.15, 0.2) is 0 Å². The molecule has 0 spiro atoms. The molecule has 0 saturated carbocycles. The fourth-order valence-corrected chi connectivity index (χ4v) is 3.35. The van der Waals surface area contributed by atoms with E-state index >= 15 is 0 Å². The quantitative estimate of drug-likeness (QED) is 0.540. The average Bonchev–Trinajstić information content (AvgIpc) is 2.87. The molecule has 1 aliphatic heterocycles. The summed E-state index contributed by atoms with van der Waals surface area (Å²) >= 11 is 0. The van der Waals surface area contributed by atoms with Gasteiger partial charge in [-0.3, -0.25) is 4.79 Å². The molecule has 0 N–H and O–H groups in total. The minimum absolute atomic E-state index is 0.00254. The highest BCUT2D eigenvalue weighted by molar-refractivity contribution is 5.90. The van der Waals surface area contributed by atoms with Crippen LogP contribution in [0.1, 0.15) is 69.7 Å². The number of ether oxygens (including phenoxy) is 2. The Morgan fingerprint density at radius 1 is 0.846 bits per heavy atom. The maximum Gasteiger partial charge on any atom is 0.323 e. The number of benzene rings is 2. The molecule has 0 aromatic heterocycles. The molecule has 0 aliphatic carbocycles. The van der Waals surface area contributed by atoms with Gasteiger partial charge in [-0.2, -0.15) is 0 Å². The van der Waals surface area contributed by atoms with Gasteiger partial charge < -0.3 is 9.47 Å². The van der Waals surface area contributed by atoms with Crippen LogP contribution in [0.2, 0.25) is 0 Å². The van der Waals surface area contributed by atoms with Gasteiger partial charge in [-0.15, -0.1) is 0 Å². The van der Waals surface area contributed by atoms with Gasteiger partial charge in [0, 0.05) is 11.1 Å². The Balaban J connectivity index is 2.18. The second-order valence-corrected chi connectivity index (χ2v) is 9.06. The van der Waals surface area contributed by atoms with Crippen LogP contribution in [0.25, 0.3) is 0 Å². The molecule has 2 aromatic carbocycles. The lowest BCUT2D eigenvalue weighted by atomic mass is 9.81. The molecule has 138 valence electrons. The van der Waals surface area contributed by atoms with Crippen molar-refractivity contribution >= 4 is 5.97 Å². The topological polar surface area (TPSA) is 35.5 Å². The SMILES string of the molecule is COc1ccc(C(C)(C)C)cc1C1C(=O)Oc2ccc(C(C)(C)C)cc21. The van der Waals surface area contributed by atoms with E-state index in [0.29, 0.717) is 11.5 Å². The molecule has 1 heterocycles. The van der Waals surface area contributed by atoms with Gasteiger partial charge in [0.25, 0.3) is 0 Å². The molecular formula is C23H28O3. The Morgan fingerprint density at radius 3 is 1.92 bits per heavy atom. The predicted molar refractivity (Wildman–Crippen MR) is 104 cm³/mol. The van der Waals surface area contributed by atoms with E-state index in [-0.39, 0.29) is 16.8 Å². The van der Waals surface area contributed by atoms with Gasteiger partial charge >= 0.3 is 5.97 Å². The van der Waals surface area contributed by atoms with Crippen molar-refractivity contribution in [1.29, 1.82) is 0 Å². The van der Waals surface area contributed by atoms with Gasteiger partial charge in [-0.05, 0) is 34.1 Å². The molecule has 26 heavy (non-hydrogen) atoms. The third kappa shape index (κ3) is 3.23. The monoisotopic (exact) mass is 352 g/mol. The fourth-order valence-electron chi connectivity index (χ4n) is 3.35. The summed E-state index contributed by atoms with van der Waals surface area (Å²) in [7, 11) is 1.64. The van der Waals surface area contributed by atoms with E-state index in [4.69, 9.17) is 9.47 Å². The lowest BCUT2D eigenvalue weighted by Crippen LogP contribution is -2.16. The number of hydrogen-bond donors (Lipinski definition) is 0. The lowest BCUT2D eigenvalue weighted by molar-refractivity contribution is -0.133. The summed E-state index contributed by atoms with van der Waals surface area (Å²) in [5.41, 5.74) is 4.14. The van der Waals surface area contributed by atoms with Gasteiger partial charge in [0.05, 0.1) is 7.11 Å². The number of esters is 1. The van der Waals surface area contributed by atoms with Crippen LogP contribution < -0.4 is 9.47 Å². The lowest BCUT2D eigenvalue weighted by Gasteiger charge is -2.23. The highest BCUT2D eigenvalue weighted by atomic mass is 16.5.